The molecule has 15 heavy (non-hydrogen) atoms. The molecule has 0 saturated carbocycles. The third kappa shape index (κ3) is 13.9. The van der Waals surface area contributed by atoms with Gasteiger partial charge in [-0.2, -0.15) is 0 Å². The molecular weight excluding hydrogens is 184 g/mol. The topological polar surface area (TPSA) is 15.3 Å². The molecule has 94 valence electrons. The van der Waals surface area contributed by atoms with Gasteiger partial charge in [0.05, 0.1) is 0 Å². The van der Waals surface area contributed by atoms with E-state index in [-0.39, 0.29) is 0 Å². The van der Waals surface area contributed by atoms with Gasteiger partial charge in [-0.15, -0.1) is 0 Å². The fourth-order valence-electron chi connectivity index (χ4n) is 1.30. The molecule has 0 amide bonds. The number of piperidine rings is 1. The summed E-state index contributed by atoms with van der Waals surface area (Å²) in [5, 5.41) is 3.30. The molecule has 1 heterocycles. The molecule has 0 atom stereocenters. The zero-order valence-electron chi connectivity index (χ0n) is 11.9. The van der Waals surface area contributed by atoms with Crippen LogP contribution in [0, 0.1) is 5.92 Å². The fourth-order valence-corrected chi connectivity index (χ4v) is 1.30. The van der Waals surface area contributed by atoms with Crippen molar-refractivity contribution < 1.29 is 0 Å². The molecule has 0 aromatic heterocycles. The summed E-state index contributed by atoms with van der Waals surface area (Å²) in [5.41, 5.74) is 0. The van der Waals surface area contributed by atoms with E-state index in [4.69, 9.17) is 0 Å². The van der Waals surface area contributed by atoms with Gasteiger partial charge in [0.15, 0.2) is 0 Å². The van der Waals surface area contributed by atoms with Gasteiger partial charge < -0.3 is 10.2 Å². The molecular formula is C13H32N2. The van der Waals surface area contributed by atoms with Crippen LogP contribution in [-0.4, -0.2) is 38.1 Å². The van der Waals surface area contributed by atoms with Crippen LogP contribution in [0.15, 0.2) is 0 Å². The van der Waals surface area contributed by atoms with Crippen molar-refractivity contribution in [3.63, 3.8) is 0 Å². The van der Waals surface area contributed by atoms with Crippen molar-refractivity contribution in [2.75, 3.05) is 27.2 Å². The van der Waals surface area contributed by atoms with Crippen LogP contribution in [0.5, 0.6) is 0 Å². The van der Waals surface area contributed by atoms with E-state index in [2.05, 4.69) is 45.1 Å². The van der Waals surface area contributed by atoms with Gasteiger partial charge in [-0.3, -0.25) is 0 Å². The Morgan fingerprint density at radius 2 is 1.40 bits per heavy atom. The van der Waals surface area contributed by atoms with Crippen LogP contribution in [-0.2, 0) is 0 Å². The number of likely N-dealkylation sites (tertiary alicyclic amines) is 1. The maximum atomic E-state index is 3.30. The van der Waals surface area contributed by atoms with Gasteiger partial charge in [-0.05, 0) is 45.9 Å². The highest BCUT2D eigenvalue weighted by molar-refractivity contribution is 4.73. The Morgan fingerprint density at radius 1 is 1.07 bits per heavy atom. The molecule has 0 bridgehead atoms. The van der Waals surface area contributed by atoms with Crippen LogP contribution in [0.1, 0.15) is 47.5 Å². The first-order valence-electron chi connectivity index (χ1n) is 6.42. The Bertz CT molecular complexity index is 102. The Kier molecular flexibility index (Phi) is 13.8. The largest absolute Gasteiger partial charge is 0.317 e. The summed E-state index contributed by atoms with van der Waals surface area (Å²) in [6.07, 6.45) is 2.62. The first-order chi connectivity index (χ1) is 7.06. The van der Waals surface area contributed by atoms with E-state index < -0.39 is 0 Å². The van der Waals surface area contributed by atoms with Crippen molar-refractivity contribution in [2.45, 2.75) is 53.5 Å². The summed E-state index contributed by atoms with van der Waals surface area (Å²) >= 11 is 0. The van der Waals surface area contributed by atoms with E-state index in [1.165, 1.54) is 25.9 Å². The van der Waals surface area contributed by atoms with Gasteiger partial charge in [-0.25, -0.2) is 0 Å². The maximum Gasteiger partial charge on any atom is 0.00884 e. The monoisotopic (exact) mass is 216 g/mol. The SMILES string of the molecule is CC.CC(C)C.CNC1CCN(C)CC1. The summed E-state index contributed by atoms with van der Waals surface area (Å²) in [7, 11) is 4.24. The highest BCUT2D eigenvalue weighted by atomic mass is 15.1. The average molecular weight is 216 g/mol. The van der Waals surface area contributed by atoms with E-state index in [9.17, 15) is 0 Å². The van der Waals surface area contributed by atoms with Crippen molar-refractivity contribution in [1.29, 1.82) is 0 Å². The molecule has 0 aliphatic carbocycles. The standard InChI is InChI=1S/C7H16N2.C4H10.C2H6/c1-8-7-3-5-9(2)6-4-7;1-4(2)3;1-2/h7-8H,3-6H2,1-2H3;4H,1-3H3;1-2H3. The molecule has 0 spiro atoms. The molecule has 2 nitrogen and oxygen atoms in total. The van der Waals surface area contributed by atoms with Gasteiger partial charge in [0.1, 0.15) is 0 Å². The second-order valence-electron chi connectivity index (χ2n) is 4.60. The van der Waals surface area contributed by atoms with Crippen LogP contribution in [0.4, 0.5) is 0 Å². The Labute approximate surface area is 97.4 Å². The lowest BCUT2D eigenvalue weighted by atomic mass is 10.1. The summed E-state index contributed by atoms with van der Waals surface area (Å²) in [6, 6.07) is 0.779. The third-order valence-corrected chi connectivity index (χ3v) is 2.13. The second-order valence-corrected chi connectivity index (χ2v) is 4.60. The molecule has 1 saturated heterocycles. The predicted molar refractivity (Wildman–Crippen MR) is 71.4 cm³/mol. The number of rotatable bonds is 1. The third-order valence-electron chi connectivity index (χ3n) is 2.13. The van der Waals surface area contributed by atoms with Crippen LogP contribution in [0.2, 0.25) is 0 Å². The lowest BCUT2D eigenvalue weighted by Gasteiger charge is -2.28. The zero-order chi connectivity index (χ0) is 12.3. The van der Waals surface area contributed by atoms with Crippen molar-refractivity contribution >= 4 is 0 Å². The molecule has 0 aromatic rings. The molecule has 1 rings (SSSR count). The molecule has 1 fully saturated rings. The smallest absolute Gasteiger partial charge is 0.00884 e. The lowest BCUT2D eigenvalue weighted by Crippen LogP contribution is -2.39. The van der Waals surface area contributed by atoms with Crippen LogP contribution < -0.4 is 5.32 Å². The van der Waals surface area contributed by atoms with Crippen LogP contribution in [0.25, 0.3) is 0 Å². The molecule has 0 unspecified atom stereocenters. The van der Waals surface area contributed by atoms with Crippen molar-refractivity contribution in [3.8, 4) is 0 Å². The number of hydrogen-bond acceptors (Lipinski definition) is 2. The highest BCUT2D eigenvalue weighted by Gasteiger charge is 2.13. The molecule has 1 aliphatic rings. The molecule has 2 heteroatoms. The molecule has 0 radical (unpaired) electrons. The van der Waals surface area contributed by atoms with E-state index in [0.29, 0.717) is 0 Å². The van der Waals surface area contributed by atoms with Crippen molar-refractivity contribution in [1.82, 2.24) is 10.2 Å². The highest BCUT2D eigenvalue weighted by Crippen LogP contribution is 2.06. The van der Waals surface area contributed by atoms with E-state index >= 15 is 0 Å². The van der Waals surface area contributed by atoms with E-state index in [0.717, 1.165) is 12.0 Å². The van der Waals surface area contributed by atoms with E-state index in [1.807, 2.05) is 13.8 Å². The normalized spacial score (nSPS) is 17.6. The Hall–Kier alpha value is -0.0800. The first kappa shape index (κ1) is 17.3. The van der Waals surface area contributed by atoms with Crippen molar-refractivity contribution in [3.05, 3.63) is 0 Å². The van der Waals surface area contributed by atoms with Gasteiger partial charge in [0, 0.05) is 6.04 Å². The average Bonchev–Trinajstić information content (AvgIpc) is 2.21. The number of nitrogens with zero attached hydrogens (tertiary/aromatic N) is 1. The summed E-state index contributed by atoms with van der Waals surface area (Å²) < 4.78 is 0. The van der Waals surface area contributed by atoms with Gasteiger partial charge in [-0.1, -0.05) is 34.6 Å². The summed E-state index contributed by atoms with van der Waals surface area (Å²) in [5.74, 6) is 0.833. The van der Waals surface area contributed by atoms with Crippen LogP contribution in [0.3, 0.4) is 0 Å². The quantitative estimate of drug-likeness (QED) is 0.725. The fraction of sp³-hybridized carbons (Fsp3) is 1.00. The second kappa shape index (κ2) is 12.0. The minimum absolute atomic E-state index is 0.779. The van der Waals surface area contributed by atoms with Crippen molar-refractivity contribution in [2.24, 2.45) is 5.92 Å². The minimum Gasteiger partial charge on any atom is -0.317 e. The molecule has 1 aliphatic heterocycles. The minimum atomic E-state index is 0.779. The molecule has 1 N–H and O–H groups in total. The number of hydrogen-bond donors (Lipinski definition) is 1. The Morgan fingerprint density at radius 3 is 1.67 bits per heavy atom. The number of nitrogens with one attached hydrogen (secondary N) is 1. The first-order valence-corrected chi connectivity index (χ1v) is 6.42. The maximum absolute atomic E-state index is 3.30. The summed E-state index contributed by atoms with van der Waals surface area (Å²) in [4.78, 5) is 2.38. The predicted octanol–water partition coefficient (Wildman–Crippen LogP) is 2.99. The Balaban J connectivity index is 0. The van der Waals surface area contributed by atoms with Gasteiger partial charge >= 0.3 is 0 Å². The molecule has 0 aromatic carbocycles. The summed E-state index contributed by atoms with van der Waals surface area (Å²) in [6.45, 7) is 13.0. The van der Waals surface area contributed by atoms with E-state index in [1.54, 1.807) is 0 Å². The van der Waals surface area contributed by atoms with Gasteiger partial charge in [0.2, 0.25) is 0 Å². The van der Waals surface area contributed by atoms with Crippen LogP contribution >= 0.6 is 0 Å². The zero-order valence-corrected chi connectivity index (χ0v) is 11.9. The lowest BCUT2D eigenvalue weighted by molar-refractivity contribution is 0.240. The van der Waals surface area contributed by atoms with Gasteiger partial charge in [0.25, 0.3) is 0 Å².